The molecule has 3 rings (SSSR count). The first-order valence-corrected chi connectivity index (χ1v) is 7.95. The van der Waals surface area contributed by atoms with Crippen molar-refractivity contribution in [3.05, 3.63) is 59.2 Å². The number of aryl methyl sites for hydroxylation is 1. The predicted octanol–water partition coefficient (Wildman–Crippen LogP) is 4.19. The fourth-order valence-electron chi connectivity index (χ4n) is 3.13. The third-order valence-electron chi connectivity index (χ3n) is 4.20. The van der Waals surface area contributed by atoms with Crippen LogP contribution in [-0.2, 0) is 13.0 Å². The molecule has 0 unspecified atom stereocenters. The summed E-state index contributed by atoms with van der Waals surface area (Å²) in [5, 5.41) is 3.47. The number of fused-ring (bicyclic) bond motifs is 1. The summed E-state index contributed by atoms with van der Waals surface area (Å²) in [6, 6.07) is 15.6. The Labute approximate surface area is 127 Å². The van der Waals surface area contributed by atoms with Gasteiger partial charge in [-0.2, -0.15) is 0 Å². The lowest BCUT2D eigenvalue weighted by molar-refractivity contribution is 0.675. The average Bonchev–Trinajstić information content (AvgIpc) is 2.92. The smallest absolute Gasteiger partial charge is 0.0444 e. The monoisotopic (exact) mass is 280 g/mol. The summed E-state index contributed by atoms with van der Waals surface area (Å²) in [5.74, 6) is 0. The van der Waals surface area contributed by atoms with Crippen LogP contribution >= 0.6 is 0 Å². The van der Waals surface area contributed by atoms with E-state index in [0.717, 1.165) is 26.1 Å². The number of para-hydroxylation sites is 1. The Bertz CT molecular complexity index is 619. The quantitative estimate of drug-likeness (QED) is 0.826. The highest BCUT2D eigenvalue weighted by atomic mass is 15.2. The first-order chi connectivity index (χ1) is 10.3. The average molecular weight is 280 g/mol. The van der Waals surface area contributed by atoms with Crippen molar-refractivity contribution in [1.29, 1.82) is 0 Å². The normalized spacial score (nSPS) is 13.5. The minimum Gasteiger partial charge on any atom is -0.341 e. The van der Waals surface area contributed by atoms with E-state index in [2.05, 4.69) is 66.5 Å². The Morgan fingerprint density at radius 2 is 1.95 bits per heavy atom. The van der Waals surface area contributed by atoms with E-state index >= 15 is 0 Å². The molecule has 2 aromatic carbocycles. The van der Waals surface area contributed by atoms with Gasteiger partial charge in [0.2, 0.25) is 0 Å². The Morgan fingerprint density at radius 1 is 1.10 bits per heavy atom. The molecule has 0 aromatic heterocycles. The summed E-state index contributed by atoms with van der Waals surface area (Å²) in [5.41, 5.74) is 6.92. The molecule has 0 saturated heterocycles. The van der Waals surface area contributed by atoms with Crippen LogP contribution in [0.2, 0.25) is 0 Å². The van der Waals surface area contributed by atoms with Crippen LogP contribution in [0.3, 0.4) is 0 Å². The fourth-order valence-corrected chi connectivity index (χ4v) is 3.13. The molecule has 0 saturated carbocycles. The second kappa shape index (κ2) is 6.31. The number of anilines is 2. The van der Waals surface area contributed by atoms with Crippen LogP contribution in [0.5, 0.6) is 0 Å². The van der Waals surface area contributed by atoms with Crippen molar-refractivity contribution in [1.82, 2.24) is 5.32 Å². The lowest BCUT2D eigenvalue weighted by Crippen LogP contribution is -2.16. The highest BCUT2D eigenvalue weighted by Crippen LogP contribution is 2.36. The van der Waals surface area contributed by atoms with Gasteiger partial charge in [0.25, 0.3) is 0 Å². The molecule has 2 heteroatoms. The summed E-state index contributed by atoms with van der Waals surface area (Å²) in [4.78, 5) is 2.45. The first kappa shape index (κ1) is 14.2. The number of nitrogens with one attached hydrogen (secondary N) is 1. The standard InChI is InChI=1S/C19H24N2/c1-3-11-20-14-16-8-9-18(15(2)13-16)21-12-10-17-6-4-5-7-19(17)21/h4-9,13,20H,3,10-12,14H2,1-2H3. The summed E-state index contributed by atoms with van der Waals surface area (Å²) >= 11 is 0. The number of rotatable bonds is 5. The third-order valence-corrected chi connectivity index (χ3v) is 4.20. The molecule has 1 aliphatic rings. The lowest BCUT2D eigenvalue weighted by atomic mass is 10.1. The van der Waals surface area contributed by atoms with Crippen LogP contribution in [0.25, 0.3) is 0 Å². The van der Waals surface area contributed by atoms with Gasteiger partial charge in [-0.05, 0) is 55.1 Å². The molecule has 0 radical (unpaired) electrons. The van der Waals surface area contributed by atoms with Crippen molar-refractivity contribution < 1.29 is 0 Å². The van der Waals surface area contributed by atoms with Crippen LogP contribution < -0.4 is 10.2 Å². The van der Waals surface area contributed by atoms with Gasteiger partial charge in [0, 0.05) is 24.5 Å². The van der Waals surface area contributed by atoms with E-state index in [1.54, 1.807) is 0 Å². The van der Waals surface area contributed by atoms with Gasteiger partial charge >= 0.3 is 0 Å². The maximum Gasteiger partial charge on any atom is 0.0444 e. The molecule has 0 atom stereocenters. The van der Waals surface area contributed by atoms with Crippen LogP contribution in [-0.4, -0.2) is 13.1 Å². The maximum absolute atomic E-state index is 3.47. The van der Waals surface area contributed by atoms with Crippen molar-refractivity contribution in [2.24, 2.45) is 0 Å². The molecular formula is C19H24N2. The van der Waals surface area contributed by atoms with Crippen molar-refractivity contribution in [2.75, 3.05) is 18.0 Å². The molecule has 0 spiro atoms. The molecule has 0 aliphatic carbocycles. The van der Waals surface area contributed by atoms with E-state index in [1.807, 2.05) is 0 Å². The minimum atomic E-state index is 0.964. The highest BCUT2D eigenvalue weighted by Gasteiger charge is 2.20. The molecule has 2 aromatic rings. The molecule has 1 heterocycles. The van der Waals surface area contributed by atoms with Gasteiger partial charge in [0.15, 0.2) is 0 Å². The molecular weight excluding hydrogens is 256 g/mol. The minimum absolute atomic E-state index is 0.964. The number of hydrogen-bond acceptors (Lipinski definition) is 2. The topological polar surface area (TPSA) is 15.3 Å². The fraction of sp³-hybridized carbons (Fsp3) is 0.368. The Hall–Kier alpha value is -1.80. The van der Waals surface area contributed by atoms with Crippen molar-refractivity contribution >= 4 is 11.4 Å². The van der Waals surface area contributed by atoms with E-state index in [-0.39, 0.29) is 0 Å². The molecule has 0 fully saturated rings. The molecule has 0 bridgehead atoms. The molecule has 21 heavy (non-hydrogen) atoms. The number of nitrogens with zero attached hydrogens (tertiary/aromatic N) is 1. The Kier molecular flexibility index (Phi) is 4.26. The summed E-state index contributed by atoms with van der Waals surface area (Å²) in [6.07, 6.45) is 2.33. The van der Waals surface area contributed by atoms with Gasteiger partial charge in [-0.3, -0.25) is 0 Å². The summed E-state index contributed by atoms with van der Waals surface area (Å²) < 4.78 is 0. The van der Waals surface area contributed by atoms with Crippen molar-refractivity contribution in [3.63, 3.8) is 0 Å². The van der Waals surface area contributed by atoms with Crippen LogP contribution in [0.4, 0.5) is 11.4 Å². The lowest BCUT2D eigenvalue weighted by Gasteiger charge is -2.22. The molecule has 110 valence electrons. The van der Waals surface area contributed by atoms with Crippen LogP contribution in [0, 0.1) is 6.92 Å². The predicted molar refractivity (Wildman–Crippen MR) is 90.3 cm³/mol. The third kappa shape index (κ3) is 2.96. The van der Waals surface area contributed by atoms with Crippen LogP contribution in [0.15, 0.2) is 42.5 Å². The summed E-state index contributed by atoms with van der Waals surface area (Å²) in [6.45, 7) is 7.56. The Morgan fingerprint density at radius 3 is 2.76 bits per heavy atom. The molecule has 2 nitrogen and oxygen atoms in total. The SMILES string of the molecule is CCCNCc1ccc(N2CCc3ccccc32)c(C)c1. The number of hydrogen-bond donors (Lipinski definition) is 1. The number of benzene rings is 2. The van der Waals surface area contributed by atoms with E-state index < -0.39 is 0 Å². The zero-order valence-corrected chi connectivity index (χ0v) is 13.0. The second-order valence-electron chi connectivity index (χ2n) is 5.83. The second-order valence-corrected chi connectivity index (χ2v) is 5.83. The molecule has 1 aliphatic heterocycles. The van der Waals surface area contributed by atoms with Crippen molar-refractivity contribution in [3.8, 4) is 0 Å². The van der Waals surface area contributed by atoms with E-state index in [9.17, 15) is 0 Å². The van der Waals surface area contributed by atoms with Gasteiger partial charge in [0.05, 0.1) is 0 Å². The summed E-state index contributed by atoms with van der Waals surface area (Å²) in [7, 11) is 0. The maximum atomic E-state index is 3.47. The van der Waals surface area contributed by atoms with E-state index in [1.165, 1.54) is 34.5 Å². The van der Waals surface area contributed by atoms with Gasteiger partial charge in [-0.1, -0.05) is 37.3 Å². The van der Waals surface area contributed by atoms with Crippen molar-refractivity contribution in [2.45, 2.75) is 33.2 Å². The zero-order chi connectivity index (χ0) is 14.7. The van der Waals surface area contributed by atoms with Gasteiger partial charge in [-0.15, -0.1) is 0 Å². The van der Waals surface area contributed by atoms with Gasteiger partial charge < -0.3 is 10.2 Å². The van der Waals surface area contributed by atoms with E-state index in [4.69, 9.17) is 0 Å². The van der Waals surface area contributed by atoms with E-state index in [0.29, 0.717) is 0 Å². The Balaban J connectivity index is 1.81. The first-order valence-electron chi connectivity index (χ1n) is 7.95. The highest BCUT2D eigenvalue weighted by molar-refractivity contribution is 5.72. The zero-order valence-electron chi connectivity index (χ0n) is 13.0. The van der Waals surface area contributed by atoms with Crippen LogP contribution in [0.1, 0.15) is 30.0 Å². The molecule has 0 amide bonds. The molecule has 1 N–H and O–H groups in total. The van der Waals surface area contributed by atoms with Gasteiger partial charge in [-0.25, -0.2) is 0 Å². The largest absolute Gasteiger partial charge is 0.341 e. The van der Waals surface area contributed by atoms with Gasteiger partial charge in [0.1, 0.15) is 0 Å².